The number of halogens is 1. The summed E-state index contributed by atoms with van der Waals surface area (Å²) in [5.74, 6) is 0. The van der Waals surface area contributed by atoms with E-state index in [1.165, 1.54) is 12.1 Å². The van der Waals surface area contributed by atoms with Gasteiger partial charge in [-0.05, 0) is 56.9 Å². The SMILES string of the molecule is C[C@@]1(O)CCC2CCCC1N2S(=O)(=O)c1ccc(Cl)cc1. The smallest absolute Gasteiger partial charge is 0.243 e. The van der Waals surface area contributed by atoms with Gasteiger partial charge in [-0.25, -0.2) is 8.42 Å². The van der Waals surface area contributed by atoms with Crippen molar-refractivity contribution in [3.8, 4) is 0 Å². The first-order valence-electron chi connectivity index (χ1n) is 7.34. The van der Waals surface area contributed by atoms with Crippen LogP contribution in [0.15, 0.2) is 29.2 Å². The van der Waals surface area contributed by atoms with Gasteiger partial charge in [-0.2, -0.15) is 4.31 Å². The van der Waals surface area contributed by atoms with Crippen LogP contribution in [0.2, 0.25) is 5.02 Å². The monoisotopic (exact) mass is 329 g/mol. The van der Waals surface area contributed by atoms with Gasteiger partial charge in [-0.15, -0.1) is 0 Å². The highest BCUT2D eigenvalue weighted by atomic mass is 35.5. The molecule has 2 bridgehead atoms. The predicted octanol–water partition coefficient (Wildman–Crippen LogP) is 2.80. The Kier molecular flexibility index (Phi) is 3.81. The minimum Gasteiger partial charge on any atom is -0.389 e. The van der Waals surface area contributed by atoms with Crippen LogP contribution in [-0.2, 0) is 10.0 Å². The number of sulfonamides is 1. The number of hydrogen-bond acceptors (Lipinski definition) is 3. The summed E-state index contributed by atoms with van der Waals surface area (Å²) in [6.07, 6.45) is 3.94. The third kappa shape index (κ3) is 2.61. The number of piperidine rings is 2. The quantitative estimate of drug-likeness (QED) is 0.907. The van der Waals surface area contributed by atoms with E-state index in [0.717, 1.165) is 25.7 Å². The normalized spacial score (nSPS) is 33.9. The molecule has 2 aliphatic rings. The molecule has 2 aliphatic heterocycles. The molecule has 6 heteroatoms. The van der Waals surface area contributed by atoms with E-state index in [0.29, 0.717) is 11.4 Å². The van der Waals surface area contributed by atoms with E-state index < -0.39 is 15.6 Å². The lowest BCUT2D eigenvalue weighted by Gasteiger charge is -2.51. The molecule has 116 valence electrons. The Labute approximate surface area is 130 Å². The largest absolute Gasteiger partial charge is 0.389 e. The molecule has 1 N–H and O–H groups in total. The molecule has 3 rings (SSSR count). The van der Waals surface area contributed by atoms with Gasteiger partial charge in [0.2, 0.25) is 10.0 Å². The van der Waals surface area contributed by atoms with Crippen LogP contribution in [0.4, 0.5) is 0 Å². The molecule has 1 aromatic rings. The summed E-state index contributed by atoms with van der Waals surface area (Å²) < 4.78 is 27.5. The minimum absolute atomic E-state index is 0.00431. The Morgan fingerprint density at radius 2 is 1.90 bits per heavy atom. The van der Waals surface area contributed by atoms with Crippen molar-refractivity contribution in [2.24, 2.45) is 0 Å². The number of rotatable bonds is 2. The fourth-order valence-electron chi connectivity index (χ4n) is 3.63. The maximum Gasteiger partial charge on any atom is 0.243 e. The molecule has 0 aromatic heterocycles. The first-order valence-corrected chi connectivity index (χ1v) is 9.16. The highest BCUT2D eigenvalue weighted by Crippen LogP contribution is 2.42. The van der Waals surface area contributed by atoms with Crippen LogP contribution in [0.25, 0.3) is 0 Å². The van der Waals surface area contributed by atoms with Crippen molar-refractivity contribution in [1.29, 1.82) is 0 Å². The van der Waals surface area contributed by atoms with E-state index in [-0.39, 0.29) is 17.0 Å². The third-order valence-electron chi connectivity index (χ3n) is 4.77. The number of nitrogens with zero attached hydrogens (tertiary/aromatic N) is 1. The molecule has 21 heavy (non-hydrogen) atoms. The Bertz CT molecular complexity index is 627. The molecule has 2 unspecified atom stereocenters. The van der Waals surface area contributed by atoms with Gasteiger partial charge >= 0.3 is 0 Å². The summed E-state index contributed by atoms with van der Waals surface area (Å²) in [5.41, 5.74) is -0.948. The lowest BCUT2D eigenvalue weighted by atomic mass is 9.77. The van der Waals surface area contributed by atoms with Crippen molar-refractivity contribution in [1.82, 2.24) is 4.31 Å². The van der Waals surface area contributed by atoms with Crippen LogP contribution in [-0.4, -0.2) is 35.5 Å². The molecule has 3 atom stereocenters. The molecule has 2 saturated heterocycles. The van der Waals surface area contributed by atoms with E-state index in [1.807, 2.05) is 0 Å². The summed E-state index contributed by atoms with van der Waals surface area (Å²) in [7, 11) is -3.59. The molecule has 0 spiro atoms. The van der Waals surface area contributed by atoms with Crippen LogP contribution in [0, 0.1) is 0 Å². The third-order valence-corrected chi connectivity index (χ3v) is 7.00. The fraction of sp³-hybridized carbons (Fsp3) is 0.600. The number of fused-ring (bicyclic) bond motifs is 2. The molecule has 2 fully saturated rings. The van der Waals surface area contributed by atoms with Crippen LogP contribution in [0.5, 0.6) is 0 Å². The van der Waals surface area contributed by atoms with E-state index in [2.05, 4.69) is 0 Å². The summed E-state index contributed by atoms with van der Waals surface area (Å²) in [6.45, 7) is 1.75. The zero-order valence-electron chi connectivity index (χ0n) is 12.0. The summed E-state index contributed by atoms with van der Waals surface area (Å²) in [4.78, 5) is 0.251. The Balaban J connectivity index is 2.02. The van der Waals surface area contributed by atoms with Gasteiger partial charge in [0.1, 0.15) is 0 Å². The van der Waals surface area contributed by atoms with Crippen LogP contribution in [0.1, 0.15) is 39.0 Å². The molecule has 0 aliphatic carbocycles. The number of benzene rings is 1. The maximum absolute atomic E-state index is 13.0. The molecule has 0 radical (unpaired) electrons. The molecule has 1 aromatic carbocycles. The Morgan fingerprint density at radius 3 is 2.57 bits per heavy atom. The Hall–Kier alpha value is -0.620. The van der Waals surface area contributed by atoms with Gasteiger partial charge < -0.3 is 5.11 Å². The average Bonchev–Trinajstić information content (AvgIpc) is 2.44. The zero-order valence-corrected chi connectivity index (χ0v) is 13.6. The highest BCUT2D eigenvalue weighted by molar-refractivity contribution is 7.89. The van der Waals surface area contributed by atoms with Crippen molar-refractivity contribution in [3.63, 3.8) is 0 Å². The molecule has 0 amide bonds. The van der Waals surface area contributed by atoms with Crippen LogP contribution in [0.3, 0.4) is 0 Å². The highest BCUT2D eigenvalue weighted by Gasteiger charge is 2.50. The summed E-state index contributed by atoms with van der Waals surface area (Å²) in [6, 6.07) is 5.93. The second-order valence-corrected chi connectivity index (χ2v) is 8.56. The first kappa shape index (κ1) is 15.3. The topological polar surface area (TPSA) is 57.6 Å². The van der Waals surface area contributed by atoms with E-state index in [4.69, 9.17) is 11.6 Å². The lowest BCUT2D eigenvalue weighted by molar-refractivity contribution is -0.0749. The lowest BCUT2D eigenvalue weighted by Crippen LogP contribution is -2.62. The number of aliphatic hydroxyl groups is 1. The molecule has 4 nitrogen and oxygen atoms in total. The van der Waals surface area contributed by atoms with Crippen molar-refractivity contribution in [3.05, 3.63) is 29.3 Å². The average molecular weight is 330 g/mol. The molecule has 2 heterocycles. The van der Waals surface area contributed by atoms with E-state index in [9.17, 15) is 13.5 Å². The molecular weight excluding hydrogens is 310 g/mol. The second-order valence-electron chi connectivity index (χ2n) is 6.29. The van der Waals surface area contributed by atoms with Gasteiger partial charge in [0.25, 0.3) is 0 Å². The van der Waals surface area contributed by atoms with Gasteiger partial charge in [0.15, 0.2) is 0 Å². The Morgan fingerprint density at radius 1 is 1.24 bits per heavy atom. The molecular formula is C15H20ClNO3S. The fourth-order valence-corrected chi connectivity index (χ4v) is 5.75. The van der Waals surface area contributed by atoms with Crippen LogP contribution < -0.4 is 0 Å². The van der Waals surface area contributed by atoms with Crippen molar-refractivity contribution in [2.45, 2.75) is 61.6 Å². The number of hydrogen-bond donors (Lipinski definition) is 1. The van der Waals surface area contributed by atoms with Gasteiger partial charge in [0.05, 0.1) is 16.5 Å². The van der Waals surface area contributed by atoms with Crippen molar-refractivity contribution in [2.75, 3.05) is 0 Å². The van der Waals surface area contributed by atoms with Crippen LogP contribution >= 0.6 is 11.6 Å². The van der Waals surface area contributed by atoms with Crippen molar-refractivity contribution >= 4 is 21.6 Å². The summed E-state index contributed by atoms with van der Waals surface area (Å²) >= 11 is 5.84. The predicted molar refractivity (Wildman–Crippen MR) is 81.8 cm³/mol. The minimum atomic E-state index is -3.59. The molecule has 0 saturated carbocycles. The standard InChI is InChI=1S/C15H20ClNO3S/c1-15(18)10-9-12-3-2-4-14(15)17(12)21(19,20)13-7-5-11(16)6-8-13/h5-8,12,14,18H,2-4,9-10H2,1H3/t12?,14?,15-/m1/s1. The van der Waals surface area contributed by atoms with E-state index >= 15 is 0 Å². The summed E-state index contributed by atoms with van der Waals surface area (Å²) in [5, 5.41) is 11.1. The zero-order chi connectivity index (χ0) is 15.3. The second kappa shape index (κ2) is 5.23. The van der Waals surface area contributed by atoms with Gasteiger partial charge in [0, 0.05) is 11.1 Å². The van der Waals surface area contributed by atoms with Gasteiger partial charge in [-0.3, -0.25) is 0 Å². The van der Waals surface area contributed by atoms with Gasteiger partial charge in [-0.1, -0.05) is 18.0 Å². The van der Waals surface area contributed by atoms with E-state index in [1.54, 1.807) is 23.4 Å². The van der Waals surface area contributed by atoms with Crippen molar-refractivity contribution < 1.29 is 13.5 Å². The maximum atomic E-state index is 13.0. The first-order chi connectivity index (χ1) is 9.82.